The average Bonchev–Trinajstić information content (AvgIpc) is 2.86. The standard InChI is InChI=1S/C26H35ClN2O7S/c1-37-14-21(31)23(33)24(34)25(37)16-6-9-19(27)17(12-16)11-15-4-7-18(8-5-15)36-10-2-3-22(32)29-20(13-30)26(28)35/h4-9,12,20-21,23-25,30-31,33-34,37H,2-3,10-11,13-14H2,1H3,(H2,28,35)(H,29,32)/t20-,21+,23+,24+,25-/m0/s1. The number of benzene rings is 2. The molecular formula is C26H35ClN2O7S. The molecule has 0 bridgehead atoms. The molecule has 0 aliphatic carbocycles. The highest BCUT2D eigenvalue weighted by Crippen LogP contribution is 2.48. The summed E-state index contributed by atoms with van der Waals surface area (Å²) in [6, 6.07) is 12.1. The zero-order valence-corrected chi connectivity index (χ0v) is 22.2. The molecule has 0 aromatic heterocycles. The second-order valence-electron chi connectivity index (χ2n) is 9.26. The number of halogens is 1. The molecule has 0 saturated carbocycles. The fraction of sp³-hybridized carbons (Fsp3) is 0.462. The highest BCUT2D eigenvalue weighted by molar-refractivity contribution is 8.16. The molecule has 204 valence electrons. The predicted molar refractivity (Wildman–Crippen MR) is 144 cm³/mol. The van der Waals surface area contributed by atoms with E-state index in [4.69, 9.17) is 27.2 Å². The molecule has 2 aromatic carbocycles. The number of aliphatic hydroxyl groups is 4. The number of nitrogens with one attached hydrogen (secondary N) is 1. The van der Waals surface area contributed by atoms with Gasteiger partial charge < -0.3 is 36.2 Å². The number of hydrogen-bond donors (Lipinski definition) is 7. The van der Waals surface area contributed by atoms with Crippen molar-refractivity contribution in [3.63, 3.8) is 0 Å². The SMILES string of the molecule is C[SH]1C[C@@H](O)[C@@H](O)[C@@H](O)[C@@H]1c1ccc(Cl)c(Cc2ccc(OCCCC(=O)N[C@@H](CO)C(N)=O)cc2)c1. The quantitative estimate of drug-likeness (QED) is 0.160. The molecule has 0 spiro atoms. The van der Waals surface area contributed by atoms with Crippen LogP contribution in [0.25, 0.3) is 0 Å². The lowest BCUT2D eigenvalue weighted by molar-refractivity contribution is -0.128. The highest BCUT2D eigenvalue weighted by atomic mass is 35.5. The van der Waals surface area contributed by atoms with E-state index in [1.165, 1.54) is 0 Å². The summed E-state index contributed by atoms with van der Waals surface area (Å²) < 4.78 is 5.69. The Hall–Kier alpha value is -2.34. The van der Waals surface area contributed by atoms with Crippen molar-refractivity contribution < 1.29 is 34.8 Å². The monoisotopic (exact) mass is 554 g/mol. The molecular weight excluding hydrogens is 520 g/mol. The first-order chi connectivity index (χ1) is 17.6. The molecule has 11 heteroatoms. The molecule has 9 nitrogen and oxygen atoms in total. The number of aliphatic hydroxyl groups excluding tert-OH is 4. The largest absolute Gasteiger partial charge is 0.494 e. The number of hydrogen-bond acceptors (Lipinski definition) is 7. The van der Waals surface area contributed by atoms with Gasteiger partial charge in [0.2, 0.25) is 11.8 Å². The molecule has 7 N–H and O–H groups in total. The van der Waals surface area contributed by atoms with E-state index in [-0.39, 0.29) is 11.7 Å². The maximum absolute atomic E-state index is 11.8. The fourth-order valence-electron chi connectivity index (χ4n) is 4.38. The van der Waals surface area contributed by atoms with Gasteiger partial charge in [-0.05, 0) is 54.0 Å². The van der Waals surface area contributed by atoms with Gasteiger partial charge in [0.15, 0.2) is 0 Å². The summed E-state index contributed by atoms with van der Waals surface area (Å²) in [5.74, 6) is -0.0681. The molecule has 6 atom stereocenters. The Kier molecular flexibility index (Phi) is 10.6. The van der Waals surface area contributed by atoms with Crippen LogP contribution in [0.3, 0.4) is 0 Å². The highest BCUT2D eigenvalue weighted by Gasteiger charge is 2.40. The zero-order valence-electron chi connectivity index (χ0n) is 20.6. The number of thiol groups is 1. The summed E-state index contributed by atoms with van der Waals surface area (Å²) in [5.41, 5.74) is 7.89. The Morgan fingerprint density at radius 1 is 1.16 bits per heavy atom. The lowest BCUT2D eigenvalue weighted by atomic mass is 9.96. The van der Waals surface area contributed by atoms with Crippen LogP contribution in [0.2, 0.25) is 5.02 Å². The van der Waals surface area contributed by atoms with Crippen LogP contribution in [0.1, 0.15) is 34.8 Å². The van der Waals surface area contributed by atoms with E-state index in [0.29, 0.717) is 36.0 Å². The molecule has 2 amide bonds. The van der Waals surface area contributed by atoms with Crippen LogP contribution >= 0.6 is 22.5 Å². The van der Waals surface area contributed by atoms with Crippen LogP contribution in [0.4, 0.5) is 0 Å². The van der Waals surface area contributed by atoms with Crippen LogP contribution in [0.5, 0.6) is 5.75 Å². The lowest BCUT2D eigenvalue weighted by Crippen LogP contribution is -2.47. The molecule has 1 aliphatic rings. The first-order valence-electron chi connectivity index (χ1n) is 12.0. The van der Waals surface area contributed by atoms with Crippen LogP contribution in [-0.4, -0.2) is 81.8 Å². The van der Waals surface area contributed by atoms with Gasteiger partial charge in [0.05, 0.1) is 25.4 Å². The fourth-order valence-corrected chi connectivity index (χ4v) is 6.96. The van der Waals surface area contributed by atoms with Gasteiger partial charge in [0.1, 0.15) is 17.9 Å². The van der Waals surface area contributed by atoms with Gasteiger partial charge in [0, 0.05) is 22.4 Å². The Morgan fingerprint density at radius 2 is 1.86 bits per heavy atom. The molecule has 1 saturated heterocycles. The second-order valence-corrected chi connectivity index (χ2v) is 12.1. The van der Waals surface area contributed by atoms with E-state index in [2.05, 4.69) is 5.32 Å². The van der Waals surface area contributed by atoms with E-state index in [1.54, 1.807) is 6.07 Å². The normalized spacial score (nSPS) is 25.3. The van der Waals surface area contributed by atoms with Gasteiger partial charge in [0.25, 0.3) is 0 Å². The van der Waals surface area contributed by atoms with Gasteiger partial charge >= 0.3 is 0 Å². The average molecular weight is 555 g/mol. The van der Waals surface area contributed by atoms with Crippen molar-refractivity contribution in [2.75, 3.05) is 25.2 Å². The van der Waals surface area contributed by atoms with Gasteiger partial charge in [-0.3, -0.25) is 9.59 Å². The molecule has 1 unspecified atom stereocenters. The Balaban J connectivity index is 1.55. The zero-order chi connectivity index (χ0) is 27.1. The summed E-state index contributed by atoms with van der Waals surface area (Å²) >= 11 is 6.47. The van der Waals surface area contributed by atoms with E-state index in [1.807, 2.05) is 42.7 Å². The number of rotatable bonds is 11. The lowest BCUT2D eigenvalue weighted by Gasteiger charge is -2.42. The number of ether oxygens (including phenoxy) is 1. The molecule has 1 aliphatic heterocycles. The molecule has 1 heterocycles. The Bertz CT molecular complexity index is 1070. The number of primary amides is 1. The van der Waals surface area contributed by atoms with Crippen molar-refractivity contribution >= 4 is 34.3 Å². The van der Waals surface area contributed by atoms with Crippen LogP contribution in [-0.2, 0) is 16.0 Å². The maximum atomic E-state index is 11.8. The van der Waals surface area contributed by atoms with Gasteiger partial charge in [-0.1, -0.05) is 35.9 Å². The first kappa shape index (κ1) is 29.2. The van der Waals surface area contributed by atoms with E-state index >= 15 is 0 Å². The third-order valence-corrected chi connectivity index (χ3v) is 9.30. The molecule has 37 heavy (non-hydrogen) atoms. The van der Waals surface area contributed by atoms with E-state index < -0.39 is 53.7 Å². The third-order valence-electron chi connectivity index (χ3n) is 6.42. The summed E-state index contributed by atoms with van der Waals surface area (Å²) in [5, 5.41) is 42.5. The molecule has 0 radical (unpaired) electrons. The number of carbonyl (C=O) groups excluding carboxylic acids is 2. The van der Waals surface area contributed by atoms with Gasteiger partial charge in [-0.15, -0.1) is 0 Å². The van der Waals surface area contributed by atoms with Crippen molar-refractivity contribution in [1.82, 2.24) is 5.32 Å². The van der Waals surface area contributed by atoms with Crippen molar-refractivity contribution in [3.05, 3.63) is 64.2 Å². The number of carbonyl (C=O) groups is 2. The van der Waals surface area contributed by atoms with Crippen molar-refractivity contribution in [2.45, 2.75) is 48.9 Å². The van der Waals surface area contributed by atoms with Crippen molar-refractivity contribution in [3.8, 4) is 5.75 Å². The minimum absolute atomic E-state index is 0.127. The van der Waals surface area contributed by atoms with Crippen LogP contribution in [0, 0.1) is 0 Å². The predicted octanol–water partition coefficient (Wildman–Crippen LogP) is 0.821. The van der Waals surface area contributed by atoms with Crippen molar-refractivity contribution in [2.24, 2.45) is 5.73 Å². The summed E-state index contributed by atoms with van der Waals surface area (Å²) in [6.45, 7) is -0.250. The Labute approximate surface area is 223 Å². The number of amides is 2. The molecule has 1 fully saturated rings. The van der Waals surface area contributed by atoms with Crippen LogP contribution < -0.4 is 15.8 Å². The van der Waals surface area contributed by atoms with Gasteiger partial charge in [-0.2, -0.15) is 0 Å². The van der Waals surface area contributed by atoms with Crippen LogP contribution in [0.15, 0.2) is 42.5 Å². The topological polar surface area (TPSA) is 162 Å². The van der Waals surface area contributed by atoms with Crippen molar-refractivity contribution in [1.29, 1.82) is 0 Å². The van der Waals surface area contributed by atoms with E-state index in [0.717, 1.165) is 16.7 Å². The number of nitrogens with two attached hydrogens (primary N) is 1. The summed E-state index contributed by atoms with van der Waals surface area (Å²) in [7, 11) is -0.719. The Morgan fingerprint density at radius 3 is 2.51 bits per heavy atom. The summed E-state index contributed by atoms with van der Waals surface area (Å²) in [6.07, 6.45) is 0.0215. The summed E-state index contributed by atoms with van der Waals surface area (Å²) in [4.78, 5) is 22.9. The minimum Gasteiger partial charge on any atom is -0.494 e. The minimum atomic E-state index is -1.17. The molecule has 3 rings (SSSR count). The smallest absolute Gasteiger partial charge is 0.242 e. The third kappa shape index (κ3) is 7.83. The molecule has 2 aromatic rings. The van der Waals surface area contributed by atoms with E-state index in [9.17, 15) is 24.9 Å². The maximum Gasteiger partial charge on any atom is 0.242 e. The second kappa shape index (κ2) is 13.5. The van der Waals surface area contributed by atoms with Gasteiger partial charge in [-0.25, -0.2) is 10.9 Å². The first-order valence-corrected chi connectivity index (χ1v) is 14.5.